The highest BCUT2D eigenvalue weighted by atomic mass is 32.2. The molecule has 4 nitrogen and oxygen atoms in total. The Labute approximate surface area is 96.6 Å². The lowest BCUT2D eigenvalue weighted by molar-refractivity contribution is 0.475. The standard InChI is InChI=1S/C11H17NO3S/c1-3-4-9-16(14,15)12(2)10-5-7-11(13)8-6-10/h5-8,13H,3-4,9H2,1-2H3. The number of anilines is 1. The Kier molecular flexibility index (Phi) is 4.18. The highest BCUT2D eigenvalue weighted by molar-refractivity contribution is 7.92. The quantitative estimate of drug-likeness (QED) is 0.860. The Bertz CT molecular complexity index is 425. The van der Waals surface area contributed by atoms with Crippen LogP contribution in [-0.4, -0.2) is 26.3 Å². The Morgan fingerprint density at radius 3 is 2.31 bits per heavy atom. The van der Waals surface area contributed by atoms with Crippen LogP contribution in [0.2, 0.25) is 0 Å². The lowest BCUT2D eigenvalue weighted by atomic mass is 10.3. The van der Waals surface area contributed by atoms with Crippen LogP contribution in [0.5, 0.6) is 5.75 Å². The first kappa shape index (κ1) is 12.8. The van der Waals surface area contributed by atoms with E-state index in [1.807, 2.05) is 6.92 Å². The van der Waals surface area contributed by atoms with E-state index in [4.69, 9.17) is 5.11 Å². The number of sulfonamides is 1. The summed E-state index contributed by atoms with van der Waals surface area (Å²) >= 11 is 0. The van der Waals surface area contributed by atoms with Crippen LogP contribution in [0, 0.1) is 0 Å². The zero-order chi connectivity index (χ0) is 12.2. The van der Waals surface area contributed by atoms with Crippen LogP contribution < -0.4 is 4.31 Å². The van der Waals surface area contributed by atoms with E-state index in [1.165, 1.54) is 23.5 Å². The monoisotopic (exact) mass is 243 g/mol. The van der Waals surface area contributed by atoms with Gasteiger partial charge in [-0.3, -0.25) is 4.31 Å². The van der Waals surface area contributed by atoms with E-state index in [9.17, 15) is 8.42 Å². The second-order valence-electron chi connectivity index (χ2n) is 3.65. The van der Waals surface area contributed by atoms with Gasteiger partial charge in [0.2, 0.25) is 10.0 Å². The van der Waals surface area contributed by atoms with E-state index in [-0.39, 0.29) is 11.5 Å². The zero-order valence-electron chi connectivity index (χ0n) is 9.55. The molecule has 0 atom stereocenters. The van der Waals surface area contributed by atoms with Gasteiger partial charge in [-0.05, 0) is 30.7 Å². The molecule has 1 rings (SSSR count). The molecule has 0 bridgehead atoms. The van der Waals surface area contributed by atoms with Gasteiger partial charge in [0.15, 0.2) is 0 Å². The molecule has 0 aliphatic heterocycles. The summed E-state index contributed by atoms with van der Waals surface area (Å²) in [6.07, 6.45) is 1.51. The van der Waals surface area contributed by atoms with E-state index >= 15 is 0 Å². The number of hydrogen-bond acceptors (Lipinski definition) is 3. The summed E-state index contributed by atoms with van der Waals surface area (Å²) < 4.78 is 24.9. The summed E-state index contributed by atoms with van der Waals surface area (Å²) in [4.78, 5) is 0. The molecule has 0 spiro atoms. The molecule has 0 heterocycles. The van der Waals surface area contributed by atoms with Crippen molar-refractivity contribution in [2.75, 3.05) is 17.1 Å². The fraction of sp³-hybridized carbons (Fsp3) is 0.455. The maximum absolute atomic E-state index is 11.8. The van der Waals surface area contributed by atoms with Crippen LogP contribution in [0.4, 0.5) is 5.69 Å². The molecule has 0 unspecified atom stereocenters. The van der Waals surface area contributed by atoms with E-state index in [2.05, 4.69) is 0 Å². The molecule has 1 N–H and O–H groups in total. The number of nitrogens with zero attached hydrogens (tertiary/aromatic N) is 1. The van der Waals surface area contributed by atoms with Gasteiger partial charge in [-0.2, -0.15) is 0 Å². The molecule has 0 radical (unpaired) electrons. The molecule has 0 aliphatic carbocycles. The minimum Gasteiger partial charge on any atom is -0.508 e. The first-order chi connectivity index (χ1) is 7.47. The summed E-state index contributed by atoms with van der Waals surface area (Å²) in [6.45, 7) is 1.95. The van der Waals surface area contributed by atoms with Crippen molar-refractivity contribution in [3.8, 4) is 5.75 Å². The number of unbranched alkanes of at least 4 members (excludes halogenated alkanes) is 1. The summed E-state index contributed by atoms with van der Waals surface area (Å²) in [7, 11) is -1.71. The average molecular weight is 243 g/mol. The second kappa shape index (κ2) is 5.21. The molecule has 90 valence electrons. The van der Waals surface area contributed by atoms with Crippen LogP contribution in [0.1, 0.15) is 19.8 Å². The molecule has 1 aromatic rings. The van der Waals surface area contributed by atoms with Crippen molar-refractivity contribution >= 4 is 15.7 Å². The van der Waals surface area contributed by atoms with Gasteiger partial charge < -0.3 is 5.11 Å². The van der Waals surface area contributed by atoms with Crippen molar-refractivity contribution < 1.29 is 13.5 Å². The number of benzene rings is 1. The summed E-state index contributed by atoms with van der Waals surface area (Å²) in [5.41, 5.74) is 0.564. The Balaban J connectivity index is 2.84. The number of rotatable bonds is 5. The molecule has 0 aromatic heterocycles. The van der Waals surface area contributed by atoms with Crippen molar-refractivity contribution in [1.29, 1.82) is 0 Å². The lowest BCUT2D eigenvalue weighted by Crippen LogP contribution is -2.28. The number of hydrogen-bond donors (Lipinski definition) is 1. The van der Waals surface area contributed by atoms with E-state index in [0.717, 1.165) is 6.42 Å². The predicted octanol–water partition coefficient (Wildman–Crippen LogP) is 1.96. The summed E-state index contributed by atoms with van der Waals surface area (Å²) in [5.74, 6) is 0.282. The number of aromatic hydroxyl groups is 1. The van der Waals surface area contributed by atoms with Crippen LogP contribution >= 0.6 is 0 Å². The van der Waals surface area contributed by atoms with Crippen molar-refractivity contribution in [2.45, 2.75) is 19.8 Å². The molecule has 0 saturated heterocycles. The van der Waals surface area contributed by atoms with Gasteiger partial charge in [0, 0.05) is 7.05 Å². The smallest absolute Gasteiger partial charge is 0.234 e. The molecule has 5 heteroatoms. The molecular formula is C11H17NO3S. The fourth-order valence-corrected chi connectivity index (χ4v) is 2.66. The van der Waals surface area contributed by atoms with Crippen molar-refractivity contribution in [3.63, 3.8) is 0 Å². The fourth-order valence-electron chi connectivity index (χ4n) is 1.29. The molecule has 16 heavy (non-hydrogen) atoms. The van der Waals surface area contributed by atoms with Crippen LogP contribution in [0.25, 0.3) is 0 Å². The summed E-state index contributed by atoms with van der Waals surface area (Å²) in [5, 5.41) is 9.11. The molecule has 0 fully saturated rings. The molecule has 0 amide bonds. The molecule has 0 aliphatic rings. The van der Waals surface area contributed by atoms with E-state index in [1.54, 1.807) is 12.1 Å². The van der Waals surface area contributed by atoms with Crippen molar-refractivity contribution in [2.24, 2.45) is 0 Å². The largest absolute Gasteiger partial charge is 0.508 e. The van der Waals surface area contributed by atoms with Crippen molar-refractivity contribution in [3.05, 3.63) is 24.3 Å². The molecule has 0 saturated carbocycles. The second-order valence-corrected chi connectivity index (χ2v) is 5.77. The SMILES string of the molecule is CCCCS(=O)(=O)N(C)c1ccc(O)cc1. The van der Waals surface area contributed by atoms with E-state index in [0.29, 0.717) is 12.1 Å². The Morgan fingerprint density at radius 1 is 1.25 bits per heavy atom. The zero-order valence-corrected chi connectivity index (χ0v) is 10.4. The molecular weight excluding hydrogens is 226 g/mol. The maximum Gasteiger partial charge on any atom is 0.234 e. The Morgan fingerprint density at radius 2 is 1.81 bits per heavy atom. The first-order valence-electron chi connectivity index (χ1n) is 5.23. The van der Waals surface area contributed by atoms with Gasteiger partial charge in [-0.15, -0.1) is 0 Å². The predicted molar refractivity (Wildman–Crippen MR) is 65.2 cm³/mol. The van der Waals surface area contributed by atoms with Gasteiger partial charge in [0.25, 0.3) is 0 Å². The third-order valence-corrected chi connectivity index (χ3v) is 4.24. The van der Waals surface area contributed by atoms with Gasteiger partial charge >= 0.3 is 0 Å². The maximum atomic E-state index is 11.8. The van der Waals surface area contributed by atoms with Gasteiger partial charge in [0.1, 0.15) is 5.75 Å². The highest BCUT2D eigenvalue weighted by Gasteiger charge is 2.17. The third-order valence-electron chi connectivity index (χ3n) is 2.39. The minimum atomic E-state index is -3.24. The Hall–Kier alpha value is -1.23. The molecule has 1 aromatic carbocycles. The van der Waals surface area contributed by atoms with Crippen LogP contribution in [-0.2, 0) is 10.0 Å². The van der Waals surface area contributed by atoms with Crippen LogP contribution in [0.15, 0.2) is 24.3 Å². The normalized spacial score (nSPS) is 11.4. The minimum absolute atomic E-state index is 0.128. The van der Waals surface area contributed by atoms with Crippen LogP contribution in [0.3, 0.4) is 0 Å². The van der Waals surface area contributed by atoms with Gasteiger partial charge in [0.05, 0.1) is 11.4 Å². The highest BCUT2D eigenvalue weighted by Crippen LogP contribution is 2.20. The summed E-state index contributed by atoms with van der Waals surface area (Å²) in [6, 6.07) is 6.11. The van der Waals surface area contributed by atoms with E-state index < -0.39 is 10.0 Å². The third kappa shape index (κ3) is 3.13. The number of phenolic OH excluding ortho intramolecular Hbond substituents is 1. The number of phenols is 1. The first-order valence-corrected chi connectivity index (χ1v) is 6.84. The lowest BCUT2D eigenvalue weighted by Gasteiger charge is -2.19. The van der Waals surface area contributed by atoms with Crippen molar-refractivity contribution in [1.82, 2.24) is 0 Å². The van der Waals surface area contributed by atoms with Gasteiger partial charge in [-0.25, -0.2) is 8.42 Å². The average Bonchev–Trinajstić information content (AvgIpc) is 2.26. The topological polar surface area (TPSA) is 57.6 Å². The van der Waals surface area contributed by atoms with Gasteiger partial charge in [-0.1, -0.05) is 13.3 Å².